The van der Waals surface area contributed by atoms with Crippen molar-refractivity contribution in [1.82, 2.24) is 0 Å². The van der Waals surface area contributed by atoms with Crippen molar-refractivity contribution in [2.45, 2.75) is 103 Å². The predicted molar refractivity (Wildman–Crippen MR) is 97.9 cm³/mol. The van der Waals surface area contributed by atoms with Gasteiger partial charge in [0.25, 0.3) is 0 Å². The lowest BCUT2D eigenvalue weighted by Crippen LogP contribution is -3.00. The lowest BCUT2D eigenvalue weighted by atomic mass is 10.1. The van der Waals surface area contributed by atoms with Gasteiger partial charge >= 0.3 is 0 Å². The number of quaternary nitrogens is 1. The Labute approximate surface area is 151 Å². The molecule has 0 aromatic carbocycles. The Balaban J connectivity index is 0. The van der Waals surface area contributed by atoms with E-state index in [1.807, 2.05) is 0 Å². The largest absolute Gasteiger partial charge is 1.00 e. The van der Waals surface area contributed by atoms with Gasteiger partial charge in [-0.05, 0) is 44.9 Å². The number of rotatable bonds is 18. The zero-order valence-electron chi connectivity index (χ0n) is 15.4. The van der Waals surface area contributed by atoms with Crippen molar-refractivity contribution in [3.8, 4) is 0 Å². The second-order valence-corrected chi connectivity index (χ2v) is 6.58. The van der Waals surface area contributed by atoms with E-state index in [1.165, 1.54) is 96.3 Å². The topological polar surface area (TPSA) is 47.9 Å². The Morgan fingerprint density at radius 1 is 0.522 bits per heavy atom. The van der Waals surface area contributed by atoms with Gasteiger partial charge in [0.15, 0.2) is 0 Å². The lowest BCUT2D eigenvalue weighted by molar-refractivity contribution is -0.368. The highest BCUT2D eigenvalue weighted by Crippen LogP contribution is 2.10. The van der Waals surface area contributed by atoms with Crippen LogP contribution in [0.5, 0.6) is 0 Å². The number of aliphatic hydroxyl groups excluding tert-OH is 1. The number of aliphatic hydroxyl groups is 1. The summed E-state index contributed by atoms with van der Waals surface area (Å²) in [6, 6.07) is 0. The molecule has 0 aliphatic rings. The number of halogens is 1. The zero-order valence-corrected chi connectivity index (χ0v) is 16.2. The maximum atomic E-state index is 8.69. The molecule has 0 radical (unpaired) electrons. The van der Waals surface area contributed by atoms with Gasteiger partial charge < -0.3 is 23.2 Å². The van der Waals surface area contributed by atoms with Gasteiger partial charge in [-0.1, -0.05) is 69.9 Å². The molecule has 2 nitrogen and oxygen atoms in total. The molecule has 0 bridgehead atoms. The molecule has 0 aromatic heterocycles. The lowest BCUT2D eigenvalue weighted by Gasteiger charge is -2.00. The van der Waals surface area contributed by atoms with Crippen LogP contribution in [0, 0.1) is 0 Å². The predicted octanol–water partition coefficient (Wildman–Crippen LogP) is 2.02. The van der Waals surface area contributed by atoms with Crippen LogP contribution < -0.4 is 18.1 Å². The van der Waals surface area contributed by atoms with Crippen LogP contribution in [0.3, 0.4) is 0 Å². The molecular formula is C20H42ClNO. The maximum Gasteiger partial charge on any atom is 0.0739 e. The molecule has 0 rings (SSSR count). The van der Waals surface area contributed by atoms with Crippen molar-refractivity contribution in [2.24, 2.45) is 0 Å². The van der Waals surface area contributed by atoms with Crippen molar-refractivity contribution in [3.63, 3.8) is 0 Å². The molecule has 0 aromatic rings. The molecule has 0 heterocycles. The standard InChI is InChI=1S/C20H41NO.ClH/c21-19-17-15-13-11-9-7-5-3-1-2-4-6-8-10-12-14-16-18-20-22;/h1,3,22H,2,4-21H2;1H/b3-1-;. The summed E-state index contributed by atoms with van der Waals surface area (Å²) in [5.41, 5.74) is 3.88. The van der Waals surface area contributed by atoms with Crippen LogP contribution in [0.1, 0.15) is 103 Å². The highest BCUT2D eigenvalue weighted by molar-refractivity contribution is 4.81. The first-order valence-electron chi connectivity index (χ1n) is 9.97. The van der Waals surface area contributed by atoms with E-state index < -0.39 is 0 Å². The Bertz CT molecular complexity index is 222. The van der Waals surface area contributed by atoms with Crippen LogP contribution >= 0.6 is 0 Å². The van der Waals surface area contributed by atoms with Gasteiger partial charge in [0.05, 0.1) is 6.54 Å². The van der Waals surface area contributed by atoms with Gasteiger partial charge in [0, 0.05) is 6.61 Å². The molecule has 4 N–H and O–H groups in total. The Morgan fingerprint density at radius 2 is 0.870 bits per heavy atom. The molecule has 0 aliphatic carbocycles. The number of hydrogen-bond acceptors (Lipinski definition) is 1. The molecule has 0 spiro atoms. The van der Waals surface area contributed by atoms with Crippen LogP contribution in [0.25, 0.3) is 0 Å². The first-order chi connectivity index (χ1) is 10.9. The first-order valence-corrected chi connectivity index (χ1v) is 9.97. The SMILES string of the molecule is [Cl-].[NH3+]CCCCCCCC/C=C\CCCCCCCCCCO. The van der Waals surface area contributed by atoms with Crippen LogP contribution in [-0.2, 0) is 0 Å². The second kappa shape index (κ2) is 24.2. The van der Waals surface area contributed by atoms with E-state index in [0.717, 1.165) is 13.0 Å². The molecule has 23 heavy (non-hydrogen) atoms. The molecule has 0 unspecified atom stereocenters. The highest BCUT2D eigenvalue weighted by atomic mass is 35.5. The summed E-state index contributed by atoms with van der Waals surface area (Å²) in [5.74, 6) is 0. The summed E-state index contributed by atoms with van der Waals surface area (Å²) in [4.78, 5) is 0. The summed E-state index contributed by atoms with van der Waals surface area (Å²) in [7, 11) is 0. The smallest absolute Gasteiger partial charge is 0.0739 e. The van der Waals surface area contributed by atoms with Crippen LogP contribution in [0.4, 0.5) is 0 Å². The summed E-state index contributed by atoms with van der Waals surface area (Å²) in [6.45, 7) is 1.47. The first kappa shape index (κ1) is 25.2. The Morgan fingerprint density at radius 3 is 1.26 bits per heavy atom. The minimum absolute atomic E-state index is 0. The fourth-order valence-corrected chi connectivity index (χ4v) is 2.82. The normalized spacial score (nSPS) is 11.0. The molecular weight excluding hydrogens is 306 g/mol. The van der Waals surface area contributed by atoms with Crippen molar-refractivity contribution >= 4 is 0 Å². The summed E-state index contributed by atoms with van der Waals surface area (Å²) < 4.78 is 0. The number of allylic oxidation sites excluding steroid dienone is 2. The quantitative estimate of drug-likeness (QED) is 0.289. The summed E-state index contributed by atoms with van der Waals surface area (Å²) >= 11 is 0. The highest BCUT2D eigenvalue weighted by Gasteiger charge is 1.92. The van der Waals surface area contributed by atoms with Crippen molar-refractivity contribution in [3.05, 3.63) is 12.2 Å². The minimum Gasteiger partial charge on any atom is -1.00 e. The van der Waals surface area contributed by atoms with Gasteiger partial charge in [-0.15, -0.1) is 0 Å². The van der Waals surface area contributed by atoms with Crippen molar-refractivity contribution in [2.75, 3.05) is 13.2 Å². The van der Waals surface area contributed by atoms with E-state index in [9.17, 15) is 0 Å². The Hall–Kier alpha value is -0.0500. The maximum absolute atomic E-state index is 8.69. The van der Waals surface area contributed by atoms with Gasteiger partial charge in [0.2, 0.25) is 0 Å². The van der Waals surface area contributed by atoms with E-state index in [1.54, 1.807) is 0 Å². The van der Waals surface area contributed by atoms with Crippen LogP contribution in [-0.4, -0.2) is 18.3 Å². The number of unbranched alkanes of at least 4 members (excludes halogenated alkanes) is 14. The average molecular weight is 348 g/mol. The summed E-state index contributed by atoms with van der Waals surface area (Å²) in [6.07, 6.45) is 26.0. The van der Waals surface area contributed by atoms with Gasteiger partial charge in [0.1, 0.15) is 0 Å². The molecule has 0 amide bonds. The average Bonchev–Trinajstić information content (AvgIpc) is 2.54. The molecule has 0 aliphatic heterocycles. The number of hydrogen-bond donors (Lipinski definition) is 2. The fraction of sp³-hybridized carbons (Fsp3) is 0.900. The van der Waals surface area contributed by atoms with Crippen molar-refractivity contribution < 1.29 is 23.2 Å². The second-order valence-electron chi connectivity index (χ2n) is 6.58. The van der Waals surface area contributed by atoms with E-state index in [2.05, 4.69) is 17.9 Å². The van der Waals surface area contributed by atoms with Gasteiger partial charge in [-0.25, -0.2) is 0 Å². The third kappa shape index (κ3) is 24.3. The molecule has 0 atom stereocenters. The van der Waals surface area contributed by atoms with E-state index in [4.69, 9.17) is 5.11 Å². The van der Waals surface area contributed by atoms with E-state index >= 15 is 0 Å². The fourth-order valence-electron chi connectivity index (χ4n) is 2.82. The van der Waals surface area contributed by atoms with E-state index in [0.29, 0.717) is 6.61 Å². The molecule has 0 saturated carbocycles. The molecule has 140 valence electrons. The van der Waals surface area contributed by atoms with Gasteiger partial charge in [-0.3, -0.25) is 0 Å². The molecule has 0 saturated heterocycles. The Kier molecular flexibility index (Phi) is 26.5. The van der Waals surface area contributed by atoms with Crippen LogP contribution in [0.2, 0.25) is 0 Å². The van der Waals surface area contributed by atoms with Crippen LogP contribution in [0.15, 0.2) is 12.2 Å². The third-order valence-electron chi connectivity index (χ3n) is 4.32. The van der Waals surface area contributed by atoms with E-state index in [-0.39, 0.29) is 12.4 Å². The molecule has 3 heteroatoms. The zero-order chi connectivity index (χ0) is 16.1. The summed E-state index contributed by atoms with van der Waals surface area (Å²) in [5, 5.41) is 8.69. The van der Waals surface area contributed by atoms with Crippen molar-refractivity contribution in [1.29, 1.82) is 0 Å². The minimum atomic E-state index is 0. The molecule has 0 fully saturated rings. The monoisotopic (exact) mass is 347 g/mol. The van der Waals surface area contributed by atoms with Gasteiger partial charge in [-0.2, -0.15) is 0 Å². The third-order valence-corrected chi connectivity index (χ3v) is 4.32.